The van der Waals surface area contributed by atoms with Crippen molar-refractivity contribution in [2.75, 3.05) is 7.05 Å². The van der Waals surface area contributed by atoms with E-state index in [9.17, 15) is 9.90 Å². The molecule has 1 saturated carbocycles. The highest BCUT2D eigenvalue weighted by Gasteiger charge is 2.32. The maximum absolute atomic E-state index is 12.3. The number of aromatic hydroxyl groups is 1. The quantitative estimate of drug-likeness (QED) is 0.781. The largest absolute Gasteiger partial charge is 0.508 e. The highest BCUT2D eigenvalue weighted by atomic mass is 16.3. The number of hydrogen-bond donors (Lipinski definition) is 3. The summed E-state index contributed by atoms with van der Waals surface area (Å²) in [5, 5.41) is 15.9. The fourth-order valence-corrected chi connectivity index (χ4v) is 3.22. The second-order valence-corrected chi connectivity index (χ2v) is 6.15. The summed E-state index contributed by atoms with van der Waals surface area (Å²) in [6, 6.07) is 6.94. The summed E-state index contributed by atoms with van der Waals surface area (Å²) in [7, 11) is 1.96. The summed E-state index contributed by atoms with van der Waals surface area (Å²) in [5.74, 6) is 0.301. The van der Waals surface area contributed by atoms with Crippen molar-refractivity contribution in [1.29, 1.82) is 0 Å². The zero-order valence-electron chi connectivity index (χ0n) is 13.0. The van der Waals surface area contributed by atoms with Gasteiger partial charge in [0.05, 0.1) is 6.04 Å². The minimum atomic E-state index is -0.0953. The van der Waals surface area contributed by atoms with Crippen molar-refractivity contribution in [2.45, 2.75) is 57.0 Å². The number of phenols is 1. The minimum absolute atomic E-state index is 0.0408. The van der Waals surface area contributed by atoms with Gasteiger partial charge in [0.1, 0.15) is 5.75 Å². The van der Waals surface area contributed by atoms with Gasteiger partial charge in [-0.25, -0.2) is 0 Å². The predicted molar refractivity (Wildman–Crippen MR) is 84.2 cm³/mol. The van der Waals surface area contributed by atoms with Crippen LogP contribution in [0.3, 0.4) is 0 Å². The third kappa shape index (κ3) is 4.21. The second-order valence-electron chi connectivity index (χ2n) is 6.15. The lowest BCUT2D eigenvalue weighted by molar-refractivity contribution is -0.123. The standard InChI is InChI=1S/C17H26N2O2/c1-13(14-7-6-8-15(20)11-14)19-16(21)12-17(18-2)9-4-3-5-10-17/h6-8,11,13,18,20H,3-5,9-10,12H2,1-2H3,(H,19,21). The van der Waals surface area contributed by atoms with Gasteiger partial charge in [0.25, 0.3) is 0 Å². The van der Waals surface area contributed by atoms with Crippen molar-refractivity contribution < 1.29 is 9.90 Å². The molecule has 4 heteroatoms. The van der Waals surface area contributed by atoms with Gasteiger partial charge in [-0.3, -0.25) is 4.79 Å². The molecule has 0 spiro atoms. The SMILES string of the molecule is CNC1(CC(=O)NC(C)c2cccc(O)c2)CCCCC1. The molecule has 0 saturated heterocycles. The van der Waals surface area contributed by atoms with Gasteiger partial charge < -0.3 is 15.7 Å². The van der Waals surface area contributed by atoms with Crippen LogP contribution >= 0.6 is 0 Å². The van der Waals surface area contributed by atoms with E-state index in [4.69, 9.17) is 0 Å². The summed E-state index contributed by atoms with van der Waals surface area (Å²) < 4.78 is 0. The molecule has 21 heavy (non-hydrogen) atoms. The Morgan fingerprint density at radius 3 is 2.67 bits per heavy atom. The van der Waals surface area contributed by atoms with Crippen LogP contribution in [0.1, 0.15) is 57.1 Å². The van der Waals surface area contributed by atoms with E-state index in [0.717, 1.165) is 18.4 Å². The van der Waals surface area contributed by atoms with Gasteiger partial charge in [0.2, 0.25) is 5.91 Å². The lowest BCUT2D eigenvalue weighted by atomic mass is 9.79. The number of amides is 1. The van der Waals surface area contributed by atoms with Crippen molar-refractivity contribution in [2.24, 2.45) is 0 Å². The molecule has 1 aromatic rings. The molecule has 0 aromatic heterocycles. The van der Waals surface area contributed by atoms with Crippen LogP contribution in [-0.2, 0) is 4.79 Å². The molecule has 2 rings (SSSR count). The Hall–Kier alpha value is -1.55. The van der Waals surface area contributed by atoms with E-state index in [0.29, 0.717) is 6.42 Å². The first-order valence-electron chi connectivity index (χ1n) is 7.82. The molecule has 116 valence electrons. The highest BCUT2D eigenvalue weighted by molar-refractivity contribution is 5.77. The van der Waals surface area contributed by atoms with Crippen molar-refractivity contribution in [1.82, 2.24) is 10.6 Å². The highest BCUT2D eigenvalue weighted by Crippen LogP contribution is 2.31. The van der Waals surface area contributed by atoms with Crippen LogP contribution < -0.4 is 10.6 Å². The average Bonchev–Trinajstić information content (AvgIpc) is 2.48. The molecule has 0 aliphatic heterocycles. The molecule has 0 bridgehead atoms. The lowest BCUT2D eigenvalue weighted by Crippen LogP contribution is -2.48. The van der Waals surface area contributed by atoms with Crippen LogP contribution in [0.4, 0.5) is 0 Å². The van der Waals surface area contributed by atoms with Crippen LogP contribution in [-0.4, -0.2) is 23.6 Å². The lowest BCUT2D eigenvalue weighted by Gasteiger charge is -2.37. The molecule has 1 fully saturated rings. The third-order valence-electron chi connectivity index (χ3n) is 4.59. The first-order chi connectivity index (χ1) is 10.0. The van der Waals surface area contributed by atoms with Crippen LogP contribution in [0.15, 0.2) is 24.3 Å². The predicted octanol–water partition coefficient (Wildman–Crippen LogP) is 2.88. The molecule has 1 atom stereocenters. The van der Waals surface area contributed by atoms with Crippen LogP contribution in [0.25, 0.3) is 0 Å². The van der Waals surface area contributed by atoms with Gasteiger partial charge in [0.15, 0.2) is 0 Å². The Morgan fingerprint density at radius 2 is 2.05 bits per heavy atom. The Labute approximate surface area is 126 Å². The molecular weight excluding hydrogens is 264 g/mol. The van der Waals surface area contributed by atoms with Gasteiger partial charge in [-0.15, -0.1) is 0 Å². The summed E-state index contributed by atoms with van der Waals surface area (Å²) in [6.07, 6.45) is 6.30. The summed E-state index contributed by atoms with van der Waals surface area (Å²) in [6.45, 7) is 1.94. The summed E-state index contributed by atoms with van der Waals surface area (Å²) >= 11 is 0. The molecule has 3 N–H and O–H groups in total. The Morgan fingerprint density at radius 1 is 1.33 bits per heavy atom. The van der Waals surface area contributed by atoms with E-state index in [-0.39, 0.29) is 23.2 Å². The van der Waals surface area contributed by atoms with Gasteiger partial charge >= 0.3 is 0 Å². The molecule has 0 heterocycles. The Bertz CT molecular complexity index is 481. The zero-order chi connectivity index (χ0) is 15.3. The smallest absolute Gasteiger partial charge is 0.222 e. The van der Waals surface area contributed by atoms with Gasteiger partial charge in [-0.2, -0.15) is 0 Å². The molecule has 4 nitrogen and oxygen atoms in total. The molecule has 0 radical (unpaired) electrons. The maximum atomic E-state index is 12.3. The molecule has 1 aliphatic carbocycles. The molecule has 1 aliphatic rings. The van der Waals surface area contributed by atoms with E-state index in [2.05, 4.69) is 10.6 Å². The number of hydrogen-bond acceptors (Lipinski definition) is 3. The summed E-state index contributed by atoms with van der Waals surface area (Å²) in [5.41, 5.74) is 0.881. The fraction of sp³-hybridized carbons (Fsp3) is 0.588. The van der Waals surface area contributed by atoms with Crippen molar-refractivity contribution >= 4 is 5.91 Å². The van der Waals surface area contributed by atoms with Gasteiger partial charge in [0, 0.05) is 12.0 Å². The number of rotatable bonds is 5. The van der Waals surface area contributed by atoms with Crippen LogP contribution in [0.5, 0.6) is 5.75 Å². The van der Waals surface area contributed by atoms with Gasteiger partial charge in [-0.05, 0) is 44.5 Å². The topological polar surface area (TPSA) is 61.4 Å². The number of carbonyl (C=O) groups excluding carboxylic acids is 1. The monoisotopic (exact) mass is 290 g/mol. The Balaban J connectivity index is 1.94. The van der Waals surface area contributed by atoms with E-state index in [1.807, 2.05) is 20.0 Å². The first-order valence-corrected chi connectivity index (χ1v) is 7.82. The zero-order valence-corrected chi connectivity index (χ0v) is 13.0. The van der Waals surface area contributed by atoms with Gasteiger partial charge in [-0.1, -0.05) is 31.4 Å². The van der Waals surface area contributed by atoms with Crippen molar-refractivity contribution in [3.8, 4) is 5.75 Å². The summed E-state index contributed by atoms with van der Waals surface area (Å²) in [4.78, 5) is 12.3. The molecular formula is C17H26N2O2. The second kappa shape index (κ2) is 6.94. The maximum Gasteiger partial charge on any atom is 0.222 e. The van der Waals surface area contributed by atoms with E-state index >= 15 is 0 Å². The van der Waals surface area contributed by atoms with Crippen molar-refractivity contribution in [3.05, 3.63) is 29.8 Å². The third-order valence-corrected chi connectivity index (χ3v) is 4.59. The first kappa shape index (κ1) is 15.8. The van der Waals surface area contributed by atoms with E-state index in [1.54, 1.807) is 18.2 Å². The molecule has 1 aromatic carbocycles. The molecule has 1 amide bonds. The average molecular weight is 290 g/mol. The van der Waals surface area contributed by atoms with E-state index < -0.39 is 0 Å². The number of benzene rings is 1. The Kier molecular flexibility index (Phi) is 5.23. The van der Waals surface area contributed by atoms with Crippen LogP contribution in [0, 0.1) is 0 Å². The number of nitrogens with one attached hydrogen (secondary N) is 2. The van der Waals surface area contributed by atoms with Crippen molar-refractivity contribution in [3.63, 3.8) is 0 Å². The number of phenolic OH excluding ortho intramolecular Hbond substituents is 1. The fourth-order valence-electron chi connectivity index (χ4n) is 3.22. The van der Waals surface area contributed by atoms with Crippen LogP contribution in [0.2, 0.25) is 0 Å². The van der Waals surface area contributed by atoms with E-state index in [1.165, 1.54) is 19.3 Å². The normalized spacial score (nSPS) is 19.0. The number of carbonyl (C=O) groups is 1. The minimum Gasteiger partial charge on any atom is -0.508 e. The molecule has 1 unspecified atom stereocenters.